The van der Waals surface area contributed by atoms with Crippen molar-refractivity contribution >= 4 is 11.7 Å². The molecule has 0 radical (unpaired) electrons. The van der Waals surface area contributed by atoms with Gasteiger partial charge in [-0.15, -0.1) is 0 Å². The molecule has 0 bridgehead atoms. The van der Waals surface area contributed by atoms with Crippen molar-refractivity contribution < 1.29 is 9.53 Å². The highest BCUT2D eigenvalue weighted by Crippen LogP contribution is 2.24. The molecule has 1 aliphatic rings. The molecule has 2 amide bonds. The van der Waals surface area contributed by atoms with Gasteiger partial charge in [0, 0.05) is 13.1 Å². The number of aryl methyl sites for hydroxylation is 1. The SMILES string of the molecule is Cc1cccc(OCCN2CCNC2=O)c1N. The van der Waals surface area contributed by atoms with Gasteiger partial charge in [0.05, 0.1) is 12.2 Å². The van der Waals surface area contributed by atoms with Crippen LogP contribution in [0.3, 0.4) is 0 Å². The van der Waals surface area contributed by atoms with Crippen LogP contribution in [-0.4, -0.2) is 37.2 Å². The molecule has 5 nitrogen and oxygen atoms in total. The molecule has 1 aliphatic heterocycles. The molecule has 1 heterocycles. The number of ether oxygens (including phenoxy) is 1. The summed E-state index contributed by atoms with van der Waals surface area (Å²) < 4.78 is 5.58. The minimum atomic E-state index is -0.0224. The molecule has 2 rings (SSSR count). The Labute approximate surface area is 101 Å². The Morgan fingerprint density at radius 2 is 2.35 bits per heavy atom. The van der Waals surface area contributed by atoms with E-state index in [1.807, 2.05) is 25.1 Å². The van der Waals surface area contributed by atoms with Crippen LogP contribution < -0.4 is 15.8 Å². The van der Waals surface area contributed by atoms with Crippen molar-refractivity contribution in [3.8, 4) is 5.75 Å². The van der Waals surface area contributed by atoms with E-state index < -0.39 is 0 Å². The van der Waals surface area contributed by atoms with E-state index >= 15 is 0 Å². The zero-order chi connectivity index (χ0) is 12.3. The van der Waals surface area contributed by atoms with Gasteiger partial charge in [0.25, 0.3) is 0 Å². The average molecular weight is 235 g/mol. The number of carbonyl (C=O) groups is 1. The van der Waals surface area contributed by atoms with E-state index in [2.05, 4.69) is 5.32 Å². The first-order valence-corrected chi connectivity index (χ1v) is 5.69. The minimum Gasteiger partial charge on any atom is -0.490 e. The summed E-state index contributed by atoms with van der Waals surface area (Å²) in [5.74, 6) is 0.685. The third kappa shape index (κ3) is 2.61. The molecule has 3 N–H and O–H groups in total. The summed E-state index contributed by atoms with van der Waals surface area (Å²) >= 11 is 0. The summed E-state index contributed by atoms with van der Waals surface area (Å²) in [5, 5.41) is 2.75. The molecule has 1 aromatic carbocycles. The molecule has 0 saturated carbocycles. The maximum absolute atomic E-state index is 11.3. The molecule has 1 aromatic rings. The minimum absolute atomic E-state index is 0.0224. The van der Waals surface area contributed by atoms with E-state index in [1.165, 1.54) is 0 Å². The number of carbonyl (C=O) groups excluding carboxylic acids is 1. The van der Waals surface area contributed by atoms with Crippen molar-refractivity contribution in [2.24, 2.45) is 0 Å². The van der Waals surface area contributed by atoms with Gasteiger partial charge in [-0.3, -0.25) is 0 Å². The first-order valence-electron chi connectivity index (χ1n) is 5.69. The lowest BCUT2D eigenvalue weighted by atomic mass is 10.2. The standard InChI is InChI=1S/C12H17N3O2/c1-9-3-2-4-10(11(9)13)17-8-7-15-6-5-14-12(15)16/h2-4H,5-8,13H2,1H3,(H,14,16). The zero-order valence-corrected chi connectivity index (χ0v) is 9.90. The fourth-order valence-electron chi connectivity index (χ4n) is 1.77. The quantitative estimate of drug-likeness (QED) is 0.764. The fraction of sp³-hybridized carbons (Fsp3) is 0.417. The van der Waals surface area contributed by atoms with E-state index in [9.17, 15) is 4.79 Å². The second kappa shape index (κ2) is 4.95. The summed E-state index contributed by atoms with van der Waals surface area (Å²) in [6.45, 7) is 4.44. The van der Waals surface area contributed by atoms with Gasteiger partial charge in [-0.2, -0.15) is 0 Å². The van der Waals surface area contributed by atoms with E-state index in [4.69, 9.17) is 10.5 Å². The van der Waals surface area contributed by atoms with Crippen molar-refractivity contribution in [2.75, 3.05) is 32.0 Å². The van der Waals surface area contributed by atoms with Gasteiger partial charge in [-0.05, 0) is 18.6 Å². The largest absolute Gasteiger partial charge is 0.490 e. The van der Waals surface area contributed by atoms with Gasteiger partial charge in [0.1, 0.15) is 12.4 Å². The van der Waals surface area contributed by atoms with E-state index in [0.29, 0.717) is 31.1 Å². The number of nitrogens with one attached hydrogen (secondary N) is 1. The third-order valence-corrected chi connectivity index (χ3v) is 2.85. The fourth-order valence-corrected chi connectivity index (χ4v) is 1.77. The molecular formula is C12H17N3O2. The molecule has 0 aromatic heterocycles. The van der Waals surface area contributed by atoms with Crippen molar-refractivity contribution in [1.82, 2.24) is 10.2 Å². The lowest BCUT2D eigenvalue weighted by molar-refractivity contribution is 0.203. The van der Waals surface area contributed by atoms with Crippen LogP contribution in [0.2, 0.25) is 0 Å². The number of anilines is 1. The third-order valence-electron chi connectivity index (χ3n) is 2.85. The van der Waals surface area contributed by atoms with E-state index in [0.717, 1.165) is 12.1 Å². The second-order valence-electron chi connectivity index (χ2n) is 4.05. The van der Waals surface area contributed by atoms with Crippen molar-refractivity contribution in [2.45, 2.75) is 6.92 Å². The highest BCUT2D eigenvalue weighted by atomic mass is 16.5. The van der Waals surface area contributed by atoms with Crippen LogP contribution in [0.4, 0.5) is 10.5 Å². The zero-order valence-electron chi connectivity index (χ0n) is 9.90. The van der Waals surface area contributed by atoms with Gasteiger partial charge in [0.15, 0.2) is 0 Å². The van der Waals surface area contributed by atoms with Gasteiger partial charge in [-0.1, -0.05) is 12.1 Å². The predicted molar refractivity (Wildman–Crippen MR) is 66.1 cm³/mol. The monoisotopic (exact) mass is 235 g/mol. The van der Waals surface area contributed by atoms with Gasteiger partial charge in [-0.25, -0.2) is 4.79 Å². The lowest BCUT2D eigenvalue weighted by Crippen LogP contribution is -2.31. The maximum Gasteiger partial charge on any atom is 0.317 e. The number of nitrogens with two attached hydrogens (primary N) is 1. The summed E-state index contributed by atoms with van der Waals surface area (Å²) in [6, 6.07) is 5.66. The number of amides is 2. The number of rotatable bonds is 4. The molecule has 0 unspecified atom stereocenters. The molecule has 0 atom stereocenters. The Morgan fingerprint density at radius 1 is 1.53 bits per heavy atom. The van der Waals surface area contributed by atoms with Crippen LogP contribution in [0.5, 0.6) is 5.75 Å². The number of urea groups is 1. The summed E-state index contributed by atoms with van der Waals surface area (Å²) in [4.78, 5) is 13.0. The van der Waals surface area contributed by atoms with Crippen molar-refractivity contribution in [1.29, 1.82) is 0 Å². The average Bonchev–Trinajstić information content (AvgIpc) is 2.71. The van der Waals surface area contributed by atoms with Crippen LogP contribution in [-0.2, 0) is 0 Å². The van der Waals surface area contributed by atoms with Crippen molar-refractivity contribution in [3.63, 3.8) is 0 Å². The molecule has 17 heavy (non-hydrogen) atoms. The molecule has 0 aliphatic carbocycles. The first kappa shape index (κ1) is 11.6. The first-order chi connectivity index (χ1) is 8.18. The lowest BCUT2D eigenvalue weighted by Gasteiger charge is -2.15. The van der Waals surface area contributed by atoms with Gasteiger partial charge in [0.2, 0.25) is 0 Å². The highest BCUT2D eigenvalue weighted by Gasteiger charge is 2.18. The van der Waals surface area contributed by atoms with Gasteiger partial charge >= 0.3 is 6.03 Å². The molecule has 0 spiro atoms. The number of hydrogen-bond donors (Lipinski definition) is 2. The van der Waals surface area contributed by atoms with E-state index in [-0.39, 0.29) is 6.03 Å². The van der Waals surface area contributed by atoms with Crippen LogP contribution in [0.25, 0.3) is 0 Å². The summed E-state index contributed by atoms with van der Waals surface area (Å²) in [5.41, 5.74) is 7.55. The van der Waals surface area contributed by atoms with Crippen LogP contribution >= 0.6 is 0 Å². The molecular weight excluding hydrogens is 218 g/mol. The highest BCUT2D eigenvalue weighted by molar-refractivity contribution is 5.76. The second-order valence-corrected chi connectivity index (χ2v) is 4.05. The number of hydrogen-bond acceptors (Lipinski definition) is 3. The molecule has 5 heteroatoms. The topological polar surface area (TPSA) is 67.6 Å². The summed E-state index contributed by atoms with van der Waals surface area (Å²) in [7, 11) is 0. The number of benzene rings is 1. The Hall–Kier alpha value is -1.91. The molecule has 1 saturated heterocycles. The Kier molecular flexibility index (Phi) is 3.37. The van der Waals surface area contributed by atoms with Gasteiger partial charge < -0.3 is 20.7 Å². The number of para-hydroxylation sites is 1. The molecule has 92 valence electrons. The Balaban J connectivity index is 1.86. The van der Waals surface area contributed by atoms with Crippen molar-refractivity contribution in [3.05, 3.63) is 23.8 Å². The number of nitrogens with zero attached hydrogens (tertiary/aromatic N) is 1. The molecule has 1 fully saturated rings. The maximum atomic E-state index is 11.3. The number of nitrogen functional groups attached to an aromatic ring is 1. The normalized spacial score (nSPS) is 14.9. The predicted octanol–water partition coefficient (Wildman–Crippen LogP) is 0.981. The van der Waals surface area contributed by atoms with Crippen LogP contribution in [0, 0.1) is 6.92 Å². The van der Waals surface area contributed by atoms with Crippen LogP contribution in [0.1, 0.15) is 5.56 Å². The Bertz CT molecular complexity index is 420. The summed E-state index contributed by atoms with van der Waals surface area (Å²) in [6.07, 6.45) is 0. The van der Waals surface area contributed by atoms with E-state index in [1.54, 1.807) is 4.90 Å². The smallest absolute Gasteiger partial charge is 0.317 e. The van der Waals surface area contributed by atoms with Crippen LogP contribution in [0.15, 0.2) is 18.2 Å². The Morgan fingerprint density at radius 3 is 3.06 bits per heavy atom.